The van der Waals surface area contributed by atoms with Gasteiger partial charge in [-0.15, -0.1) is 0 Å². The van der Waals surface area contributed by atoms with Crippen LogP contribution in [0.2, 0.25) is 5.02 Å². The molecular weight excluding hydrogens is 288 g/mol. The lowest BCUT2D eigenvalue weighted by molar-refractivity contribution is -0.142. The fourth-order valence-electron chi connectivity index (χ4n) is 2.13. The number of carbonyl (C=O) groups is 2. The molecule has 0 aliphatic rings. The molecule has 3 nitrogen and oxygen atoms in total. The Balaban J connectivity index is 2.26. The molecule has 0 heterocycles. The van der Waals surface area contributed by atoms with Crippen molar-refractivity contribution in [2.45, 2.75) is 12.3 Å². The molecule has 0 saturated heterocycles. The average molecular weight is 303 g/mol. The molecule has 0 spiro atoms. The lowest BCUT2D eigenvalue weighted by atomic mass is 9.91. The molecule has 0 N–H and O–H groups in total. The molecule has 0 aliphatic carbocycles. The lowest BCUT2D eigenvalue weighted by Crippen LogP contribution is -2.18. The Morgan fingerprint density at radius 2 is 1.81 bits per heavy atom. The van der Waals surface area contributed by atoms with E-state index in [1.54, 1.807) is 48.5 Å². The van der Waals surface area contributed by atoms with Crippen molar-refractivity contribution in [2.75, 3.05) is 7.11 Å². The van der Waals surface area contributed by atoms with E-state index in [0.717, 1.165) is 0 Å². The number of ether oxygens (including phenoxy) is 1. The van der Waals surface area contributed by atoms with Crippen molar-refractivity contribution in [3.05, 3.63) is 70.7 Å². The van der Waals surface area contributed by atoms with Gasteiger partial charge in [-0.25, -0.2) is 0 Å². The first-order valence-corrected chi connectivity index (χ1v) is 6.91. The third kappa shape index (κ3) is 3.92. The predicted molar refractivity (Wildman–Crippen MR) is 81.6 cm³/mol. The number of esters is 1. The summed E-state index contributed by atoms with van der Waals surface area (Å²) in [5.74, 6) is -1.20. The smallest absolute Gasteiger partial charge is 0.313 e. The Labute approximate surface area is 128 Å². The van der Waals surface area contributed by atoms with Gasteiger partial charge < -0.3 is 4.74 Å². The second-order valence-corrected chi connectivity index (χ2v) is 5.06. The summed E-state index contributed by atoms with van der Waals surface area (Å²) >= 11 is 5.95. The zero-order valence-electron chi connectivity index (χ0n) is 11.6. The maximum absolute atomic E-state index is 12.3. The standard InChI is InChI=1S/C17H15ClO3/c1-21-17(20)15(13-8-5-9-14(18)10-13)11-16(19)12-6-3-2-4-7-12/h2-10,15H,11H2,1H3. The monoisotopic (exact) mass is 302 g/mol. The average Bonchev–Trinajstić information content (AvgIpc) is 2.52. The van der Waals surface area contributed by atoms with Crippen LogP contribution in [0.1, 0.15) is 28.3 Å². The Morgan fingerprint density at radius 3 is 2.43 bits per heavy atom. The second kappa shape index (κ2) is 7.04. The topological polar surface area (TPSA) is 43.4 Å². The maximum Gasteiger partial charge on any atom is 0.313 e. The van der Waals surface area contributed by atoms with Gasteiger partial charge in [0.2, 0.25) is 0 Å². The van der Waals surface area contributed by atoms with Gasteiger partial charge in [-0.3, -0.25) is 9.59 Å². The van der Waals surface area contributed by atoms with Crippen molar-refractivity contribution in [2.24, 2.45) is 0 Å². The van der Waals surface area contributed by atoms with Crippen LogP contribution in [0.5, 0.6) is 0 Å². The molecule has 2 rings (SSSR count). The summed E-state index contributed by atoms with van der Waals surface area (Å²) < 4.78 is 4.81. The van der Waals surface area contributed by atoms with Crippen molar-refractivity contribution in [3.63, 3.8) is 0 Å². The molecule has 2 aromatic carbocycles. The maximum atomic E-state index is 12.3. The highest BCUT2D eigenvalue weighted by atomic mass is 35.5. The largest absolute Gasteiger partial charge is 0.469 e. The molecule has 1 atom stereocenters. The number of Topliss-reactive ketones (excluding diaryl/α,β-unsaturated/α-hetero) is 1. The van der Waals surface area contributed by atoms with Crippen molar-refractivity contribution in [1.82, 2.24) is 0 Å². The number of hydrogen-bond acceptors (Lipinski definition) is 3. The van der Waals surface area contributed by atoms with E-state index in [2.05, 4.69) is 0 Å². The number of rotatable bonds is 5. The van der Waals surface area contributed by atoms with E-state index in [9.17, 15) is 9.59 Å². The normalized spacial score (nSPS) is 11.7. The molecule has 0 aromatic heterocycles. The van der Waals surface area contributed by atoms with Gasteiger partial charge in [0.15, 0.2) is 5.78 Å². The van der Waals surface area contributed by atoms with Crippen LogP contribution in [-0.4, -0.2) is 18.9 Å². The van der Waals surface area contributed by atoms with Crippen molar-refractivity contribution in [3.8, 4) is 0 Å². The van der Waals surface area contributed by atoms with E-state index in [-0.39, 0.29) is 12.2 Å². The van der Waals surface area contributed by atoms with Gasteiger partial charge in [0.1, 0.15) is 0 Å². The third-order valence-corrected chi connectivity index (χ3v) is 3.46. The van der Waals surface area contributed by atoms with Gasteiger partial charge in [0.25, 0.3) is 0 Å². The molecule has 21 heavy (non-hydrogen) atoms. The SMILES string of the molecule is COC(=O)C(CC(=O)c1ccccc1)c1cccc(Cl)c1. The van der Waals surface area contributed by atoms with Crippen LogP contribution in [0.25, 0.3) is 0 Å². The van der Waals surface area contributed by atoms with E-state index in [1.165, 1.54) is 7.11 Å². The quantitative estimate of drug-likeness (QED) is 0.622. The number of carbonyl (C=O) groups excluding carboxylic acids is 2. The Morgan fingerprint density at radius 1 is 1.10 bits per heavy atom. The summed E-state index contributed by atoms with van der Waals surface area (Å²) in [6.07, 6.45) is 0.0526. The summed E-state index contributed by atoms with van der Waals surface area (Å²) in [5, 5.41) is 0.522. The van der Waals surface area contributed by atoms with Crippen LogP contribution < -0.4 is 0 Å². The van der Waals surface area contributed by atoms with Crippen LogP contribution in [0.4, 0.5) is 0 Å². The Kier molecular flexibility index (Phi) is 5.12. The highest BCUT2D eigenvalue weighted by molar-refractivity contribution is 6.30. The Bertz CT molecular complexity index is 637. The number of halogens is 1. The van der Waals surface area contributed by atoms with Crippen LogP contribution in [0.15, 0.2) is 54.6 Å². The molecule has 0 bridgehead atoms. The van der Waals surface area contributed by atoms with Gasteiger partial charge in [-0.2, -0.15) is 0 Å². The highest BCUT2D eigenvalue weighted by Gasteiger charge is 2.25. The molecule has 4 heteroatoms. The highest BCUT2D eigenvalue weighted by Crippen LogP contribution is 2.25. The summed E-state index contributed by atoms with van der Waals surface area (Å²) in [7, 11) is 1.31. The molecule has 1 unspecified atom stereocenters. The summed E-state index contributed by atoms with van der Waals surface area (Å²) in [6, 6.07) is 15.8. The minimum atomic E-state index is -0.651. The molecule has 0 saturated carbocycles. The second-order valence-electron chi connectivity index (χ2n) is 4.62. The van der Waals surface area contributed by atoms with E-state index in [1.807, 2.05) is 6.07 Å². The molecule has 0 fully saturated rings. The van der Waals surface area contributed by atoms with Gasteiger partial charge in [0.05, 0.1) is 13.0 Å². The van der Waals surface area contributed by atoms with Crippen molar-refractivity contribution >= 4 is 23.4 Å². The zero-order valence-corrected chi connectivity index (χ0v) is 12.3. The number of ketones is 1. The van der Waals surface area contributed by atoms with Gasteiger partial charge in [-0.1, -0.05) is 54.1 Å². The lowest BCUT2D eigenvalue weighted by Gasteiger charge is -2.14. The van der Waals surface area contributed by atoms with Crippen LogP contribution in [0.3, 0.4) is 0 Å². The van der Waals surface area contributed by atoms with E-state index >= 15 is 0 Å². The van der Waals surface area contributed by atoms with Gasteiger partial charge >= 0.3 is 5.97 Å². The molecule has 0 radical (unpaired) electrons. The molecule has 0 amide bonds. The van der Waals surface area contributed by atoms with Gasteiger partial charge in [0, 0.05) is 17.0 Å². The van der Waals surface area contributed by atoms with Crippen molar-refractivity contribution < 1.29 is 14.3 Å². The summed E-state index contributed by atoms with van der Waals surface area (Å²) in [4.78, 5) is 24.3. The minimum Gasteiger partial charge on any atom is -0.469 e. The fourth-order valence-corrected chi connectivity index (χ4v) is 2.33. The van der Waals surface area contributed by atoms with Crippen LogP contribution in [0, 0.1) is 0 Å². The van der Waals surface area contributed by atoms with E-state index in [0.29, 0.717) is 16.1 Å². The summed E-state index contributed by atoms with van der Waals surface area (Å²) in [6.45, 7) is 0. The molecule has 0 aliphatic heterocycles. The number of methoxy groups -OCH3 is 1. The third-order valence-electron chi connectivity index (χ3n) is 3.22. The first kappa shape index (κ1) is 15.3. The molecule has 108 valence electrons. The first-order valence-electron chi connectivity index (χ1n) is 6.53. The van der Waals surface area contributed by atoms with Crippen LogP contribution >= 0.6 is 11.6 Å². The molecular formula is C17H15ClO3. The van der Waals surface area contributed by atoms with Crippen LogP contribution in [-0.2, 0) is 9.53 Å². The Hall–Kier alpha value is -2.13. The minimum absolute atomic E-state index is 0.0526. The number of benzene rings is 2. The van der Waals surface area contributed by atoms with E-state index < -0.39 is 11.9 Å². The van der Waals surface area contributed by atoms with E-state index in [4.69, 9.17) is 16.3 Å². The zero-order chi connectivity index (χ0) is 15.2. The fraction of sp³-hybridized carbons (Fsp3) is 0.176. The van der Waals surface area contributed by atoms with Gasteiger partial charge in [-0.05, 0) is 17.7 Å². The molecule has 2 aromatic rings. The van der Waals surface area contributed by atoms with Crippen molar-refractivity contribution in [1.29, 1.82) is 0 Å². The number of hydrogen-bond donors (Lipinski definition) is 0. The first-order chi connectivity index (χ1) is 10.1. The summed E-state index contributed by atoms with van der Waals surface area (Å²) in [5.41, 5.74) is 1.26. The predicted octanol–water partition coefficient (Wildman–Crippen LogP) is 3.87.